The van der Waals surface area contributed by atoms with Crippen molar-refractivity contribution in [3.8, 4) is 23.7 Å². The molecule has 2 rings (SSSR count). The van der Waals surface area contributed by atoms with Crippen LogP contribution in [0.3, 0.4) is 0 Å². The van der Waals surface area contributed by atoms with Crippen LogP contribution in [0, 0.1) is 23.7 Å². The van der Waals surface area contributed by atoms with Gasteiger partial charge in [0.2, 0.25) is 11.7 Å². The maximum absolute atomic E-state index is 13.8. The molecule has 0 saturated carbocycles. The third-order valence-electron chi connectivity index (χ3n) is 4.21. The van der Waals surface area contributed by atoms with E-state index in [0.29, 0.717) is 11.1 Å². The summed E-state index contributed by atoms with van der Waals surface area (Å²) in [6.45, 7) is 4.23. The third kappa shape index (κ3) is 7.12. The lowest BCUT2D eigenvalue weighted by molar-refractivity contribution is 0.584. The predicted octanol–water partition coefficient (Wildman–Crippen LogP) is 6.54. The van der Waals surface area contributed by atoms with Gasteiger partial charge in [0.05, 0.1) is 0 Å². The van der Waals surface area contributed by atoms with Gasteiger partial charge in [-0.3, -0.25) is 0 Å². The van der Waals surface area contributed by atoms with Crippen LogP contribution < -0.4 is 0 Å². The van der Waals surface area contributed by atoms with Crippen LogP contribution in [0.1, 0.15) is 55.4 Å². The molecule has 0 saturated heterocycles. The van der Waals surface area contributed by atoms with Gasteiger partial charge in [0.15, 0.2) is 0 Å². The number of allylic oxidation sites excluding steroid dienone is 2. The Hall–Kier alpha value is -2.84. The highest BCUT2D eigenvalue weighted by Gasteiger charge is 1.99. The van der Waals surface area contributed by atoms with Crippen LogP contribution in [0.25, 0.3) is 0 Å². The smallest absolute Gasteiger partial charge is 0.193 e. The number of rotatable bonds is 5. The zero-order valence-electron chi connectivity index (χ0n) is 15.9. The van der Waals surface area contributed by atoms with Crippen LogP contribution in [-0.2, 0) is 12.8 Å². The Morgan fingerprint density at radius 1 is 0.704 bits per heavy atom. The fraction of sp³-hybridized carbons (Fsp3) is 0.280. The molecule has 0 heterocycles. The van der Waals surface area contributed by atoms with Crippen molar-refractivity contribution in [3.63, 3.8) is 0 Å². The van der Waals surface area contributed by atoms with Gasteiger partial charge in [0, 0.05) is 11.1 Å². The molecule has 0 radical (unpaired) electrons. The first-order valence-electron chi connectivity index (χ1n) is 9.39. The van der Waals surface area contributed by atoms with Crippen LogP contribution in [0.2, 0.25) is 0 Å². The molecule has 0 unspecified atom stereocenters. The molecule has 2 aromatic carbocycles. The number of aryl methyl sites for hydroxylation is 2. The minimum Gasteiger partial charge on any atom is -0.193 e. The maximum atomic E-state index is 13.8. The van der Waals surface area contributed by atoms with E-state index in [1.54, 1.807) is 12.1 Å². The summed E-state index contributed by atoms with van der Waals surface area (Å²) in [5, 5.41) is 0. The normalized spacial score (nSPS) is 11.0. The first-order valence-corrected chi connectivity index (χ1v) is 9.39. The van der Waals surface area contributed by atoms with Crippen LogP contribution in [0.15, 0.2) is 60.2 Å². The fourth-order valence-corrected chi connectivity index (χ4v) is 2.52. The standard InChI is InChI=1S/C25H24F2/c1-3-5-6-7-21-12-14-23(15-13-21)17-19-25(27)24(26)18-16-22-10-8-20(4-2)9-11-22/h8-15H,3-7H2,1-2H3/b25-24+. The molecule has 0 bridgehead atoms. The fourth-order valence-electron chi connectivity index (χ4n) is 2.52. The lowest BCUT2D eigenvalue weighted by Gasteiger charge is -2.00. The molecule has 2 heteroatoms. The molecule has 0 spiro atoms. The van der Waals surface area contributed by atoms with Gasteiger partial charge in [0.25, 0.3) is 0 Å². The zero-order valence-corrected chi connectivity index (χ0v) is 15.9. The Morgan fingerprint density at radius 2 is 1.19 bits per heavy atom. The minimum absolute atomic E-state index is 0.641. The summed E-state index contributed by atoms with van der Waals surface area (Å²) in [5.74, 6) is 7.38. The highest BCUT2D eigenvalue weighted by atomic mass is 19.2. The van der Waals surface area contributed by atoms with E-state index < -0.39 is 11.7 Å². The maximum Gasteiger partial charge on any atom is 0.217 e. The number of unbranched alkanes of at least 4 members (excludes halogenated alkanes) is 2. The van der Waals surface area contributed by atoms with Gasteiger partial charge in [-0.25, -0.2) is 0 Å². The van der Waals surface area contributed by atoms with Crippen molar-refractivity contribution in [2.75, 3.05) is 0 Å². The van der Waals surface area contributed by atoms with Crippen molar-refractivity contribution < 1.29 is 8.78 Å². The summed E-state index contributed by atoms with van der Waals surface area (Å²) in [7, 11) is 0. The van der Waals surface area contributed by atoms with E-state index in [2.05, 4.69) is 37.5 Å². The SMILES string of the molecule is CCCCCc1ccc(C#C/C(F)=C(\F)C#Cc2ccc(CC)cc2)cc1. The summed E-state index contributed by atoms with van der Waals surface area (Å²) in [6, 6.07) is 15.1. The Kier molecular flexibility index (Phi) is 8.34. The van der Waals surface area contributed by atoms with E-state index in [0.717, 1.165) is 19.3 Å². The largest absolute Gasteiger partial charge is 0.217 e. The highest BCUT2D eigenvalue weighted by Crippen LogP contribution is 2.10. The molecule has 0 aliphatic carbocycles. The number of halogens is 2. The molecule has 0 aromatic heterocycles. The molecule has 27 heavy (non-hydrogen) atoms. The predicted molar refractivity (Wildman–Crippen MR) is 108 cm³/mol. The molecule has 0 N–H and O–H groups in total. The van der Waals surface area contributed by atoms with Crippen LogP contribution in [-0.4, -0.2) is 0 Å². The highest BCUT2D eigenvalue weighted by molar-refractivity contribution is 5.45. The monoisotopic (exact) mass is 362 g/mol. The third-order valence-corrected chi connectivity index (χ3v) is 4.21. The van der Waals surface area contributed by atoms with Crippen LogP contribution in [0.5, 0.6) is 0 Å². The molecule has 0 nitrogen and oxygen atoms in total. The number of hydrogen-bond donors (Lipinski definition) is 0. The van der Waals surface area contributed by atoms with E-state index in [4.69, 9.17) is 0 Å². The van der Waals surface area contributed by atoms with Gasteiger partial charge in [-0.2, -0.15) is 8.78 Å². The van der Waals surface area contributed by atoms with Gasteiger partial charge in [-0.15, -0.1) is 0 Å². The van der Waals surface area contributed by atoms with E-state index in [-0.39, 0.29) is 0 Å². The quantitative estimate of drug-likeness (QED) is 0.419. The second kappa shape index (κ2) is 11.0. The van der Waals surface area contributed by atoms with E-state index in [9.17, 15) is 8.78 Å². The number of hydrogen-bond acceptors (Lipinski definition) is 0. The second-order valence-electron chi connectivity index (χ2n) is 6.33. The van der Waals surface area contributed by atoms with Crippen molar-refractivity contribution in [2.45, 2.75) is 46.0 Å². The lowest BCUT2D eigenvalue weighted by atomic mass is 10.1. The first-order chi connectivity index (χ1) is 13.1. The van der Waals surface area contributed by atoms with Gasteiger partial charge in [-0.1, -0.05) is 62.8 Å². The molecular formula is C25H24F2. The molecule has 0 aliphatic heterocycles. The van der Waals surface area contributed by atoms with Crippen molar-refractivity contribution in [2.24, 2.45) is 0 Å². The lowest BCUT2D eigenvalue weighted by Crippen LogP contribution is -1.85. The van der Waals surface area contributed by atoms with E-state index in [1.165, 1.54) is 24.0 Å². The van der Waals surface area contributed by atoms with E-state index >= 15 is 0 Å². The Bertz CT molecular complexity index is 880. The van der Waals surface area contributed by atoms with Gasteiger partial charge >= 0.3 is 0 Å². The molecule has 0 fully saturated rings. The summed E-state index contributed by atoms with van der Waals surface area (Å²) in [4.78, 5) is 0. The summed E-state index contributed by atoms with van der Waals surface area (Å²) < 4.78 is 27.6. The van der Waals surface area contributed by atoms with Gasteiger partial charge in [0.1, 0.15) is 0 Å². The van der Waals surface area contributed by atoms with Crippen molar-refractivity contribution in [1.82, 2.24) is 0 Å². The summed E-state index contributed by atoms with van der Waals surface area (Å²) in [6.07, 6.45) is 5.50. The topological polar surface area (TPSA) is 0 Å². The zero-order chi connectivity index (χ0) is 19.5. The molecular weight excluding hydrogens is 338 g/mol. The average Bonchev–Trinajstić information content (AvgIpc) is 2.71. The van der Waals surface area contributed by atoms with Crippen molar-refractivity contribution in [3.05, 3.63) is 82.4 Å². The second-order valence-corrected chi connectivity index (χ2v) is 6.33. The molecule has 0 aliphatic rings. The Labute approximate surface area is 161 Å². The van der Waals surface area contributed by atoms with Crippen molar-refractivity contribution in [1.29, 1.82) is 0 Å². The van der Waals surface area contributed by atoms with Gasteiger partial charge in [-0.05, 0) is 66.5 Å². The summed E-state index contributed by atoms with van der Waals surface area (Å²) in [5.41, 5.74) is 3.70. The molecule has 138 valence electrons. The van der Waals surface area contributed by atoms with Crippen LogP contribution >= 0.6 is 0 Å². The average molecular weight is 362 g/mol. The van der Waals surface area contributed by atoms with Crippen LogP contribution in [0.4, 0.5) is 8.78 Å². The summed E-state index contributed by atoms with van der Waals surface area (Å²) >= 11 is 0. The molecule has 0 amide bonds. The number of benzene rings is 2. The molecule has 2 aromatic rings. The first kappa shape index (κ1) is 20.5. The van der Waals surface area contributed by atoms with E-state index in [1.807, 2.05) is 36.4 Å². The molecule has 0 atom stereocenters. The Morgan fingerprint density at radius 3 is 1.63 bits per heavy atom. The minimum atomic E-state index is -1.14. The van der Waals surface area contributed by atoms with Gasteiger partial charge < -0.3 is 0 Å². The van der Waals surface area contributed by atoms with Crippen molar-refractivity contribution >= 4 is 0 Å². The Balaban J connectivity index is 2.02.